The fraction of sp³-hybridized carbons (Fsp3) is 0. The highest BCUT2D eigenvalue weighted by atomic mass is 35.5. The van der Waals surface area contributed by atoms with Crippen LogP contribution < -0.4 is 5.73 Å². The Morgan fingerprint density at radius 2 is 1.76 bits per heavy atom. The topological polar surface area (TPSA) is 63.3 Å². The highest BCUT2D eigenvalue weighted by Crippen LogP contribution is 2.28. The first kappa shape index (κ1) is 11.5. The average molecular weight is 248 g/mol. The lowest BCUT2D eigenvalue weighted by Gasteiger charge is -2.07. The molecule has 4 heteroatoms. The van der Waals surface area contributed by atoms with Crippen molar-refractivity contribution in [2.45, 2.75) is 0 Å². The van der Waals surface area contributed by atoms with Crippen molar-refractivity contribution in [2.75, 3.05) is 5.73 Å². The zero-order valence-corrected chi connectivity index (χ0v) is 9.61. The molecule has 3 N–H and O–H groups in total. The summed E-state index contributed by atoms with van der Waals surface area (Å²) in [6, 6.07) is 11.7. The SMILES string of the molecule is Nc1ccc(C(=O)O)cc1-c1ccc(Cl)cc1. The zero-order valence-electron chi connectivity index (χ0n) is 8.85. The molecule has 2 rings (SSSR count). The van der Waals surface area contributed by atoms with Gasteiger partial charge < -0.3 is 10.8 Å². The molecular weight excluding hydrogens is 238 g/mol. The van der Waals surface area contributed by atoms with Gasteiger partial charge in [-0.25, -0.2) is 4.79 Å². The van der Waals surface area contributed by atoms with Crippen molar-refractivity contribution in [3.8, 4) is 11.1 Å². The number of benzene rings is 2. The summed E-state index contributed by atoms with van der Waals surface area (Å²) < 4.78 is 0. The Kier molecular flexibility index (Phi) is 3.02. The van der Waals surface area contributed by atoms with Gasteiger partial charge in [0.2, 0.25) is 0 Å². The Hall–Kier alpha value is -2.00. The van der Waals surface area contributed by atoms with Crippen LogP contribution in [0.4, 0.5) is 5.69 Å². The number of rotatable bonds is 2. The van der Waals surface area contributed by atoms with E-state index in [1.54, 1.807) is 36.4 Å². The second-order valence-corrected chi connectivity index (χ2v) is 4.05. The van der Waals surface area contributed by atoms with E-state index in [2.05, 4.69) is 0 Å². The lowest BCUT2D eigenvalue weighted by Crippen LogP contribution is -1.98. The molecule has 0 atom stereocenters. The Balaban J connectivity index is 2.54. The van der Waals surface area contributed by atoms with Gasteiger partial charge in [0.1, 0.15) is 0 Å². The first-order valence-corrected chi connectivity index (χ1v) is 5.34. The lowest BCUT2D eigenvalue weighted by molar-refractivity contribution is 0.0697. The molecule has 0 aliphatic heterocycles. The molecule has 0 saturated heterocycles. The first-order chi connectivity index (χ1) is 8.08. The van der Waals surface area contributed by atoms with Gasteiger partial charge in [0.05, 0.1) is 5.56 Å². The Bertz CT molecular complexity index is 564. The van der Waals surface area contributed by atoms with E-state index in [1.807, 2.05) is 0 Å². The maximum Gasteiger partial charge on any atom is 0.335 e. The molecule has 0 spiro atoms. The number of carboxylic acid groups (broad SMARTS) is 1. The molecule has 0 aromatic heterocycles. The van der Waals surface area contributed by atoms with E-state index < -0.39 is 5.97 Å². The van der Waals surface area contributed by atoms with E-state index in [9.17, 15) is 4.79 Å². The molecule has 3 nitrogen and oxygen atoms in total. The van der Waals surface area contributed by atoms with E-state index >= 15 is 0 Å². The molecule has 0 radical (unpaired) electrons. The van der Waals surface area contributed by atoms with E-state index in [1.165, 1.54) is 6.07 Å². The van der Waals surface area contributed by atoms with E-state index in [0.29, 0.717) is 16.3 Å². The number of carboxylic acids is 1. The van der Waals surface area contributed by atoms with E-state index in [4.69, 9.17) is 22.4 Å². The number of hydrogen-bond donors (Lipinski definition) is 2. The predicted octanol–water partition coefficient (Wildman–Crippen LogP) is 3.29. The molecule has 0 fully saturated rings. The highest BCUT2D eigenvalue weighted by molar-refractivity contribution is 6.30. The van der Waals surface area contributed by atoms with Crippen molar-refractivity contribution >= 4 is 23.3 Å². The van der Waals surface area contributed by atoms with Crippen LogP contribution in [-0.4, -0.2) is 11.1 Å². The molecule has 0 unspecified atom stereocenters. The molecule has 86 valence electrons. The van der Waals surface area contributed by atoms with Crippen LogP contribution in [0, 0.1) is 0 Å². The minimum absolute atomic E-state index is 0.212. The summed E-state index contributed by atoms with van der Waals surface area (Å²) in [6.07, 6.45) is 0. The van der Waals surface area contributed by atoms with Gasteiger partial charge in [-0.3, -0.25) is 0 Å². The number of carbonyl (C=O) groups is 1. The Morgan fingerprint density at radius 1 is 1.12 bits per heavy atom. The second-order valence-electron chi connectivity index (χ2n) is 3.61. The lowest BCUT2D eigenvalue weighted by atomic mass is 10.0. The van der Waals surface area contributed by atoms with Crippen LogP contribution in [0.25, 0.3) is 11.1 Å². The van der Waals surface area contributed by atoms with Gasteiger partial charge >= 0.3 is 5.97 Å². The maximum atomic E-state index is 10.9. The molecule has 2 aromatic carbocycles. The number of nitrogens with two attached hydrogens (primary N) is 1. The van der Waals surface area contributed by atoms with Crippen LogP contribution in [0.15, 0.2) is 42.5 Å². The van der Waals surface area contributed by atoms with Crippen LogP contribution >= 0.6 is 11.6 Å². The fourth-order valence-electron chi connectivity index (χ4n) is 1.57. The third-order valence-corrected chi connectivity index (χ3v) is 2.71. The van der Waals surface area contributed by atoms with Gasteiger partial charge in [0, 0.05) is 16.3 Å². The van der Waals surface area contributed by atoms with Crippen LogP contribution in [0.3, 0.4) is 0 Å². The van der Waals surface area contributed by atoms with Gasteiger partial charge in [-0.1, -0.05) is 23.7 Å². The van der Waals surface area contributed by atoms with Crippen molar-refractivity contribution in [2.24, 2.45) is 0 Å². The highest BCUT2D eigenvalue weighted by Gasteiger charge is 2.08. The average Bonchev–Trinajstić information content (AvgIpc) is 2.31. The van der Waals surface area contributed by atoms with Crippen LogP contribution in [0.2, 0.25) is 5.02 Å². The molecule has 0 amide bonds. The van der Waals surface area contributed by atoms with Crippen molar-refractivity contribution in [1.29, 1.82) is 0 Å². The summed E-state index contributed by atoms with van der Waals surface area (Å²) in [5.74, 6) is -0.972. The molecular formula is C13H10ClNO2. The van der Waals surface area contributed by atoms with Gasteiger partial charge in [-0.05, 0) is 35.9 Å². The number of nitrogen functional groups attached to an aromatic ring is 1. The number of aromatic carboxylic acids is 1. The third kappa shape index (κ3) is 2.40. The minimum atomic E-state index is -0.972. The van der Waals surface area contributed by atoms with E-state index in [-0.39, 0.29) is 5.56 Å². The molecule has 2 aromatic rings. The smallest absolute Gasteiger partial charge is 0.335 e. The largest absolute Gasteiger partial charge is 0.478 e. The molecule has 0 heterocycles. The van der Waals surface area contributed by atoms with Gasteiger partial charge in [-0.2, -0.15) is 0 Å². The van der Waals surface area contributed by atoms with Crippen LogP contribution in [0.5, 0.6) is 0 Å². The summed E-state index contributed by atoms with van der Waals surface area (Å²) in [4.78, 5) is 10.9. The normalized spacial score (nSPS) is 10.2. The fourth-order valence-corrected chi connectivity index (χ4v) is 1.69. The van der Waals surface area contributed by atoms with Gasteiger partial charge in [0.25, 0.3) is 0 Å². The quantitative estimate of drug-likeness (QED) is 0.801. The number of hydrogen-bond acceptors (Lipinski definition) is 2. The van der Waals surface area contributed by atoms with Crippen molar-refractivity contribution in [1.82, 2.24) is 0 Å². The zero-order chi connectivity index (χ0) is 12.4. The molecule has 17 heavy (non-hydrogen) atoms. The molecule has 0 bridgehead atoms. The Morgan fingerprint density at radius 3 is 2.35 bits per heavy atom. The minimum Gasteiger partial charge on any atom is -0.478 e. The van der Waals surface area contributed by atoms with Crippen LogP contribution in [0.1, 0.15) is 10.4 Å². The summed E-state index contributed by atoms with van der Waals surface area (Å²) in [6.45, 7) is 0. The van der Waals surface area contributed by atoms with Crippen LogP contribution in [-0.2, 0) is 0 Å². The van der Waals surface area contributed by atoms with E-state index in [0.717, 1.165) is 5.56 Å². The number of anilines is 1. The number of halogens is 1. The standard InChI is InChI=1S/C13H10ClNO2/c14-10-4-1-8(2-5-10)11-7-9(13(16)17)3-6-12(11)15/h1-7H,15H2,(H,16,17). The van der Waals surface area contributed by atoms with Crippen molar-refractivity contribution < 1.29 is 9.90 Å². The second kappa shape index (κ2) is 4.47. The summed E-state index contributed by atoms with van der Waals surface area (Å²) in [5, 5.41) is 9.56. The van der Waals surface area contributed by atoms with Gasteiger partial charge in [0.15, 0.2) is 0 Å². The third-order valence-electron chi connectivity index (χ3n) is 2.46. The molecule has 0 aliphatic carbocycles. The Labute approximate surface area is 103 Å². The monoisotopic (exact) mass is 247 g/mol. The summed E-state index contributed by atoms with van der Waals surface area (Å²) in [7, 11) is 0. The molecule has 0 saturated carbocycles. The summed E-state index contributed by atoms with van der Waals surface area (Å²) >= 11 is 5.80. The maximum absolute atomic E-state index is 10.9. The first-order valence-electron chi connectivity index (χ1n) is 4.96. The summed E-state index contributed by atoms with van der Waals surface area (Å²) in [5.41, 5.74) is 8.12. The predicted molar refractivity (Wildman–Crippen MR) is 68.3 cm³/mol. The van der Waals surface area contributed by atoms with Crippen molar-refractivity contribution in [3.63, 3.8) is 0 Å². The van der Waals surface area contributed by atoms with Crippen molar-refractivity contribution in [3.05, 3.63) is 53.1 Å². The van der Waals surface area contributed by atoms with Gasteiger partial charge in [-0.15, -0.1) is 0 Å². The molecule has 0 aliphatic rings.